The van der Waals surface area contributed by atoms with E-state index in [1.54, 1.807) is 12.1 Å². The average Bonchev–Trinajstić information content (AvgIpc) is 2.67. The minimum absolute atomic E-state index is 0.00895. The van der Waals surface area contributed by atoms with Gasteiger partial charge < -0.3 is 5.32 Å². The number of carbonyl (C=O) groups excluding carboxylic acids is 3. The summed E-state index contributed by atoms with van der Waals surface area (Å²) in [6.07, 6.45) is 0.405. The topological polar surface area (TPSA) is 87.3 Å². The predicted octanol–water partition coefficient (Wildman–Crippen LogP) is 2.67. The third-order valence-electron chi connectivity index (χ3n) is 4.32. The number of hydrazine groups is 1. The van der Waals surface area contributed by atoms with Crippen molar-refractivity contribution in [1.29, 1.82) is 0 Å². The van der Waals surface area contributed by atoms with Gasteiger partial charge in [0.1, 0.15) is 11.9 Å². The fraction of sp³-hybridized carbons (Fsp3) is 0.318. The summed E-state index contributed by atoms with van der Waals surface area (Å²) in [5.74, 6) is -1.53. The Bertz CT molecular complexity index is 866. The molecule has 0 saturated heterocycles. The first-order valence-electron chi connectivity index (χ1n) is 9.46. The standard InChI is InChI=1S/C22H26FN3O3/c1-14(2)12-19(24-21(28)18-7-5-4-6-15(18)3)22(29)26-25-20(27)13-16-8-10-17(23)11-9-16/h4-11,14,19H,12-13H2,1-3H3,(H,24,28)(H,25,27)(H,26,29). The van der Waals surface area contributed by atoms with Crippen LogP contribution in [0.1, 0.15) is 41.8 Å². The van der Waals surface area contributed by atoms with Crippen LogP contribution in [-0.2, 0) is 16.0 Å². The van der Waals surface area contributed by atoms with E-state index in [-0.39, 0.29) is 24.1 Å². The third kappa shape index (κ3) is 7.03. The van der Waals surface area contributed by atoms with Gasteiger partial charge in [-0.05, 0) is 48.6 Å². The molecule has 0 aromatic heterocycles. The highest BCUT2D eigenvalue weighted by Gasteiger charge is 2.23. The number of rotatable bonds is 7. The summed E-state index contributed by atoms with van der Waals surface area (Å²) in [6, 6.07) is 11.8. The fourth-order valence-corrected chi connectivity index (χ4v) is 2.82. The van der Waals surface area contributed by atoms with Gasteiger partial charge in [0, 0.05) is 5.56 Å². The van der Waals surface area contributed by atoms with E-state index in [4.69, 9.17) is 0 Å². The summed E-state index contributed by atoms with van der Waals surface area (Å²) in [6.45, 7) is 5.70. The van der Waals surface area contributed by atoms with Crippen LogP contribution in [0.2, 0.25) is 0 Å². The zero-order chi connectivity index (χ0) is 21.4. The Hall–Kier alpha value is -3.22. The van der Waals surface area contributed by atoms with Gasteiger partial charge >= 0.3 is 0 Å². The summed E-state index contributed by atoms with van der Waals surface area (Å²) in [4.78, 5) is 37.1. The lowest BCUT2D eigenvalue weighted by atomic mass is 10.0. The minimum atomic E-state index is -0.798. The molecule has 1 unspecified atom stereocenters. The summed E-state index contributed by atoms with van der Waals surface area (Å²) in [7, 11) is 0. The molecule has 0 aliphatic heterocycles. The van der Waals surface area contributed by atoms with E-state index in [0.717, 1.165) is 5.56 Å². The minimum Gasteiger partial charge on any atom is -0.340 e. The smallest absolute Gasteiger partial charge is 0.260 e. The first-order valence-corrected chi connectivity index (χ1v) is 9.46. The van der Waals surface area contributed by atoms with Crippen LogP contribution >= 0.6 is 0 Å². The quantitative estimate of drug-likeness (QED) is 0.626. The Kier molecular flexibility index (Phi) is 7.88. The Morgan fingerprint density at radius 1 is 0.966 bits per heavy atom. The van der Waals surface area contributed by atoms with Crippen LogP contribution in [0.4, 0.5) is 4.39 Å². The molecule has 3 N–H and O–H groups in total. The van der Waals surface area contributed by atoms with E-state index in [0.29, 0.717) is 17.5 Å². The number of nitrogens with one attached hydrogen (secondary N) is 3. The van der Waals surface area contributed by atoms with Crippen LogP contribution in [0.5, 0.6) is 0 Å². The van der Waals surface area contributed by atoms with Crippen LogP contribution < -0.4 is 16.2 Å². The van der Waals surface area contributed by atoms with Crippen molar-refractivity contribution in [2.75, 3.05) is 0 Å². The van der Waals surface area contributed by atoms with Gasteiger partial charge in [-0.2, -0.15) is 0 Å². The van der Waals surface area contributed by atoms with Gasteiger partial charge in [-0.15, -0.1) is 0 Å². The lowest BCUT2D eigenvalue weighted by molar-refractivity contribution is -0.129. The van der Waals surface area contributed by atoms with Gasteiger partial charge in [-0.3, -0.25) is 25.2 Å². The van der Waals surface area contributed by atoms with Crippen molar-refractivity contribution >= 4 is 17.7 Å². The summed E-state index contributed by atoms with van der Waals surface area (Å²) in [5, 5.41) is 2.74. The highest BCUT2D eigenvalue weighted by Crippen LogP contribution is 2.10. The van der Waals surface area contributed by atoms with Gasteiger partial charge in [-0.25, -0.2) is 4.39 Å². The maximum atomic E-state index is 12.9. The van der Waals surface area contributed by atoms with E-state index in [9.17, 15) is 18.8 Å². The molecule has 0 spiro atoms. The van der Waals surface area contributed by atoms with Crippen LogP contribution in [0.25, 0.3) is 0 Å². The largest absolute Gasteiger partial charge is 0.340 e. The fourth-order valence-electron chi connectivity index (χ4n) is 2.82. The van der Waals surface area contributed by atoms with Crippen LogP contribution in [0.15, 0.2) is 48.5 Å². The molecule has 0 radical (unpaired) electrons. The van der Waals surface area contributed by atoms with Crippen LogP contribution in [0.3, 0.4) is 0 Å². The highest BCUT2D eigenvalue weighted by molar-refractivity contribution is 5.98. The number of hydrogen-bond acceptors (Lipinski definition) is 3. The van der Waals surface area contributed by atoms with Crippen molar-refractivity contribution in [3.63, 3.8) is 0 Å². The predicted molar refractivity (Wildman–Crippen MR) is 108 cm³/mol. The molecule has 2 rings (SSSR count). The molecule has 0 fully saturated rings. The number of halogens is 1. The molecule has 0 bridgehead atoms. The van der Waals surface area contributed by atoms with E-state index >= 15 is 0 Å². The van der Waals surface area contributed by atoms with Crippen LogP contribution in [0, 0.1) is 18.7 Å². The summed E-state index contributed by atoms with van der Waals surface area (Å²) < 4.78 is 12.9. The number of carbonyl (C=O) groups is 3. The van der Waals surface area contributed by atoms with Crippen molar-refractivity contribution in [2.24, 2.45) is 5.92 Å². The second kappa shape index (κ2) is 10.4. The van der Waals surface area contributed by atoms with Crippen molar-refractivity contribution < 1.29 is 18.8 Å². The molecule has 3 amide bonds. The monoisotopic (exact) mass is 399 g/mol. The van der Waals surface area contributed by atoms with Crippen LogP contribution in [-0.4, -0.2) is 23.8 Å². The Morgan fingerprint density at radius 3 is 2.24 bits per heavy atom. The zero-order valence-corrected chi connectivity index (χ0v) is 16.8. The lowest BCUT2D eigenvalue weighted by Crippen LogP contribution is -2.53. The summed E-state index contributed by atoms with van der Waals surface area (Å²) in [5.41, 5.74) is 6.62. The van der Waals surface area contributed by atoms with Gasteiger partial charge in [0.15, 0.2) is 0 Å². The average molecular weight is 399 g/mol. The normalized spacial score (nSPS) is 11.6. The molecule has 154 valence electrons. The molecule has 2 aromatic rings. The van der Waals surface area contributed by atoms with E-state index in [1.165, 1.54) is 24.3 Å². The molecule has 1 atom stereocenters. The molecule has 7 heteroatoms. The molecule has 29 heavy (non-hydrogen) atoms. The van der Waals surface area contributed by atoms with Gasteiger partial charge in [0.05, 0.1) is 6.42 Å². The summed E-state index contributed by atoms with van der Waals surface area (Å²) >= 11 is 0. The maximum absolute atomic E-state index is 12.9. The second-order valence-corrected chi connectivity index (χ2v) is 7.31. The Balaban J connectivity index is 1.95. The Labute approximate surface area is 169 Å². The molecule has 0 aliphatic carbocycles. The first kappa shape index (κ1) is 22.1. The highest BCUT2D eigenvalue weighted by atomic mass is 19.1. The van der Waals surface area contributed by atoms with Gasteiger partial charge in [-0.1, -0.05) is 44.2 Å². The van der Waals surface area contributed by atoms with E-state index < -0.39 is 17.9 Å². The molecule has 2 aromatic carbocycles. The van der Waals surface area contributed by atoms with Crippen molar-refractivity contribution in [3.05, 3.63) is 71.0 Å². The molecule has 0 aliphatic rings. The molecule has 0 heterocycles. The molecule has 0 saturated carbocycles. The number of aryl methyl sites for hydroxylation is 1. The van der Waals surface area contributed by atoms with E-state index in [2.05, 4.69) is 16.2 Å². The maximum Gasteiger partial charge on any atom is 0.260 e. The molecular weight excluding hydrogens is 373 g/mol. The van der Waals surface area contributed by atoms with Crippen molar-refractivity contribution in [2.45, 2.75) is 39.7 Å². The lowest BCUT2D eigenvalue weighted by Gasteiger charge is -2.21. The first-order chi connectivity index (χ1) is 13.8. The second-order valence-electron chi connectivity index (χ2n) is 7.31. The number of amides is 3. The van der Waals surface area contributed by atoms with Gasteiger partial charge in [0.25, 0.3) is 11.8 Å². The molecular formula is C22H26FN3O3. The zero-order valence-electron chi connectivity index (χ0n) is 16.8. The third-order valence-corrected chi connectivity index (χ3v) is 4.32. The Morgan fingerprint density at radius 2 is 1.62 bits per heavy atom. The molecule has 6 nitrogen and oxygen atoms in total. The number of hydrogen-bond donors (Lipinski definition) is 3. The number of benzene rings is 2. The van der Waals surface area contributed by atoms with Gasteiger partial charge in [0.2, 0.25) is 5.91 Å². The van der Waals surface area contributed by atoms with Crippen molar-refractivity contribution in [3.8, 4) is 0 Å². The van der Waals surface area contributed by atoms with Crippen molar-refractivity contribution in [1.82, 2.24) is 16.2 Å². The van der Waals surface area contributed by atoms with E-state index in [1.807, 2.05) is 32.9 Å². The SMILES string of the molecule is Cc1ccccc1C(=O)NC(CC(C)C)C(=O)NNC(=O)Cc1ccc(F)cc1.